The number of ether oxygens (including phenoxy) is 1. The molecule has 4 nitrogen and oxygen atoms in total. The molecule has 0 aromatic heterocycles. The molecule has 0 aliphatic carbocycles. The third kappa shape index (κ3) is 4.10. The van der Waals surface area contributed by atoms with Crippen LogP contribution in [-0.2, 0) is 9.53 Å². The Kier molecular flexibility index (Phi) is 5.77. The Labute approximate surface area is 98.3 Å². The quantitative estimate of drug-likeness (QED) is 0.738. The lowest BCUT2D eigenvalue weighted by Gasteiger charge is -2.23. The minimum absolute atomic E-state index is 0.0510. The fourth-order valence-corrected chi connectivity index (χ4v) is 1.79. The van der Waals surface area contributed by atoms with E-state index in [-0.39, 0.29) is 12.0 Å². The van der Waals surface area contributed by atoms with Gasteiger partial charge >= 0.3 is 0 Å². The van der Waals surface area contributed by atoms with Crippen molar-refractivity contribution >= 4 is 5.91 Å². The lowest BCUT2D eigenvalue weighted by Crippen LogP contribution is -2.40. The summed E-state index contributed by atoms with van der Waals surface area (Å²) in [5.74, 6) is 0.0510. The predicted molar refractivity (Wildman–Crippen MR) is 64.4 cm³/mol. The van der Waals surface area contributed by atoms with Crippen LogP contribution in [0, 0.1) is 0 Å². The van der Waals surface area contributed by atoms with E-state index in [1.807, 2.05) is 0 Å². The zero-order chi connectivity index (χ0) is 12.0. The summed E-state index contributed by atoms with van der Waals surface area (Å²) in [6.45, 7) is 6.70. The van der Waals surface area contributed by atoms with Gasteiger partial charge in [-0.25, -0.2) is 0 Å². The molecule has 4 heteroatoms. The van der Waals surface area contributed by atoms with Crippen LogP contribution in [-0.4, -0.2) is 49.7 Å². The maximum Gasteiger partial charge on any atom is 0.249 e. The molecule has 0 bridgehead atoms. The highest BCUT2D eigenvalue weighted by Gasteiger charge is 2.22. The van der Waals surface area contributed by atoms with Gasteiger partial charge < -0.3 is 15.0 Å². The Balaban J connectivity index is 2.12. The maximum atomic E-state index is 11.6. The van der Waals surface area contributed by atoms with Crippen molar-refractivity contribution in [3.05, 3.63) is 0 Å². The lowest BCUT2D eigenvalue weighted by atomic mass is 10.2. The maximum absolute atomic E-state index is 11.6. The van der Waals surface area contributed by atoms with Gasteiger partial charge in [-0.15, -0.1) is 0 Å². The van der Waals surface area contributed by atoms with Crippen LogP contribution in [0.25, 0.3) is 0 Å². The molecule has 1 rings (SSSR count). The van der Waals surface area contributed by atoms with Gasteiger partial charge in [0.25, 0.3) is 0 Å². The van der Waals surface area contributed by atoms with E-state index in [9.17, 15) is 4.79 Å². The Morgan fingerprint density at radius 2 is 2.38 bits per heavy atom. The van der Waals surface area contributed by atoms with Crippen molar-refractivity contribution in [3.63, 3.8) is 0 Å². The van der Waals surface area contributed by atoms with E-state index in [2.05, 4.69) is 31.1 Å². The van der Waals surface area contributed by atoms with Gasteiger partial charge in [-0.05, 0) is 33.2 Å². The van der Waals surface area contributed by atoms with Gasteiger partial charge in [-0.2, -0.15) is 0 Å². The first-order valence-corrected chi connectivity index (χ1v) is 6.24. The third-order valence-electron chi connectivity index (χ3n) is 3.33. The number of rotatable bonds is 6. The predicted octanol–water partition coefficient (Wildman–Crippen LogP) is 1.01. The molecule has 0 aromatic carbocycles. The van der Waals surface area contributed by atoms with E-state index in [4.69, 9.17) is 4.74 Å². The Morgan fingerprint density at radius 3 is 2.94 bits per heavy atom. The summed E-state index contributed by atoms with van der Waals surface area (Å²) >= 11 is 0. The van der Waals surface area contributed by atoms with Crippen LogP contribution in [0.15, 0.2) is 0 Å². The van der Waals surface area contributed by atoms with Gasteiger partial charge in [0, 0.05) is 25.7 Å². The molecular weight excluding hydrogens is 204 g/mol. The van der Waals surface area contributed by atoms with Crippen LogP contribution >= 0.6 is 0 Å². The van der Waals surface area contributed by atoms with Gasteiger partial charge in [-0.1, -0.05) is 6.92 Å². The molecule has 0 aromatic rings. The van der Waals surface area contributed by atoms with Crippen molar-refractivity contribution < 1.29 is 9.53 Å². The molecule has 0 radical (unpaired) electrons. The minimum Gasteiger partial charge on any atom is -0.368 e. The van der Waals surface area contributed by atoms with Gasteiger partial charge in [0.15, 0.2) is 0 Å². The molecule has 1 amide bonds. The summed E-state index contributed by atoms with van der Waals surface area (Å²) in [5, 5.41) is 2.93. The van der Waals surface area contributed by atoms with Crippen molar-refractivity contribution in [1.82, 2.24) is 10.2 Å². The Bertz CT molecular complexity index is 215. The highest BCUT2D eigenvalue weighted by atomic mass is 16.5. The molecule has 16 heavy (non-hydrogen) atoms. The molecule has 1 saturated heterocycles. The number of hydrogen-bond donors (Lipinski definition) is 1. The fourth-order valence-electron chi connectivity index (χ4n) is 1.79. The van der Waals surface area contributed by atoms with Crippen molar-refractivity contribution in [2.24, 2.45) is 0 Å². The highest BCUT2D eigenvalue weighted by Crippen LogP contribution is 2.11. The second kappa shape index (κ2) is 6.86. The number of hydrogen-bond acceptors (Lipinski definition) is 3. The zero-order valence-corrected chi connectivity index (χ0v) is 10.7. The third-order valence-corrected chi connectivity index (χ3v) is 3.33. The monoisotopic (exact) mass is 228 g/mol. The van der Waals surface area contributed by atoms with E-state index in [1.54, 1.807) is 0 Å². The second-order valence-corrected chi connectivity index (χ2v) is 4.53. The van der Waals surface area contributed by atoms with Crippen LogP contribution in [0.2, 0.25) is 0 Å². The van der Waals surface area contributed by atoms with Gasteiger partial charge in [0.05, 0.1) is 0 Å². The van der Waals surface area contributed by atoms with E-state index < -0.39 is 0 Å². The number of nitrogens with one attached hydrogen (secondary N) is 1. The van der Waals surface area contributed by atoms with E-state index >= 15 is 0 Å². The van der Waals surface area contributed by atoms with E-state index in [0.29, 0.717) is 12.6 Å². The molecule has 0 spiro atoms. The summed E-state index contributed by atoms with van der Waals surface area (Å²) in [4.78, 5) is 13.9. The number of amides is 1. The van der Waals surface area contributed by atoms with Crippen molar-refractivity contribution in [1.29, 1.82) is 0 Å². The first kappa shape index (κ1) is 13.5. The van der Waals surface area contributed by atoms with Crippen molar-refractivity contribution in [2.75, 3.05) is 26.7 Å². The summed E-state index contributed by atoms with van der Waals surface area (Å²) in [6, 6.07) is 0.569. The van der Waals surface area contributed by atoms with Crippen LogP contribution in [0.4, 0.5) is 0 Å². The summed E-state index contributed by atoms with van der Waals surface area (Å²) in [6.07, 6.45) is 2.81. The SMILES string of the molecule is CC[C@@H](C)N(C)CCNC(=O)[C@@H]1CCCO1. The molecule has 1 aliphatic heterocycles. The van der Waals surface area contributed by atoms with Crippen LogP contribution < -0.4 is 5.32 Å². The zero-order valence-electron chi connectivity index (χ0n) is 10.7. The first-order valence-electron chi connectivity index (χ1n) is 6.24. The smallest absolute Gasteiger partial charge is 0.249 e. The number of carbonyl (C=O) groups excluding carboxylic acids is 1. The normalized spacial score (nSPS) is 22.4. The van der Waals surface area contributed by atoms with Crippen LogP contribution in [0.3, 0.4) is 0 Å². The Morgan fingerprint density at radius 1 is 1.62 bits per heavy atom. The van der Waals surface area contributed by atoms with Crippen molar-refractivity contribution in [3.8, 4) is 0 Å². The number of likely N-dealkylation sites (N-methyl/N-ethyl adjacent to an activating group) is 1. The minimum atomic E-state index is -0.200. The van der Waals surface area contributed by atoms with Gasteiger partial charge in [0.1, 0.15) is 6.10 Å². The number of nitrogens with zero attached hydrogens (tertiary/aromatic N) is 1. The second-order valence-electron chi connectivity index (χ2n) is 4.53. The van der Waals surface area contributed by atoms with Gasteiger partial charge in [-0.3, -0.25) is 4.79 Å². The standard InChI is InChI=1S/C12H24N2O2/c1-4-10(2)14(3)8-7-13-12(15)11-6-5-9-16-11/h10-11H,4-9H2,1-3H3,(H,13,15)/t10-,11+/m1/s1. The summed E-state index contributed by atoms with van der Waals surface area (Å²) in [7, 11) is 2.09. The molecular formula is C12H24N2O2. The van der Waals surface area contributed by atoms with Crippen LogP contribution in [0.5, 0.6) is 0 Å². The molecule has 94 valence electrons. The van der Waals surface area contributed by atoms with Crippen molar-refractivity contribution in [2.45, 2.75) is 45.3 Å². The molecule has 1 N–H and O–H groups in total. The largest absolute Gasteiger partial charge is 0.368 e. The van der Waals surface area contributed by atoms with E-state index in [1.165, 1.54) is 0 Å². The average molecular weight is 228 g/mol. The molecule has 0 unspecified atom stereocenters. The first-order chi connectivity index (χ1) is 7.65. The molecule has 0 saturated carbocycles. The number of carbonyl (C=O) groups is 1. The highest BCUT2D eigenvalue weighted by molar-refractivity contribution is 5.80. The lowest BCUT2D eigenvalue weighted by molar-refractivity contribution is -0.130. The molecule has 2 atom stereocenters. The summed E-state index contributed by atoms with van der Waals surface area (Å²) < 4.78 is 5.32. The van der Waals surface area contributed by atoms with E-state index in [0.717, 1.165) is 32.4 Å². The molecule has 1 fully saturated rings. The molecule has 1 heterocycles. The summed E-state index contributed by atoms with van der Waals surface area (Å²) in [5.41, 5.74) is 0. The Hall–Kier alpha value is -0.610. The fraction of sp³-hybridized carbons (Fsp3) is 0.917. The molecule has 1 aliphatic rings. The van der Waals surface area contributed by atoms with Gasteiger partial charge in [0.2, 0.25) is 5.91 Å². The van der Waals surface area contributed by atoms with Crippen LogP contribution in [0.1, 0.15) is 33.1 Å². The topological polar surface area (TPSA) is 41.6 Å². The average Bonchev–Trinajstić information content (AvgIpc) is 2.81.